The average Bonchev–Trinajstić information content (AvgIpc) is 2.63. The predicted octanol–water partition coefficient (Wildman–Crippen LogP) is 3.59. The van der Waals surface area contributed by atoms with Crippen molar-refractivity contribution in [2.24, 2.45) is 0 Å². The highest BCUT2D eigenvalue weighted by atomic mass is 16.5. The van der Waals surface area contributed by atoms with Crippen LogP contribution >= 0.6 is 0 Å². The molecular weight excluding hydrogens is 332 g/mol. The lowest BCUT2D eigenvalue weighted by Gasteiger charge is -2.32. The summed E-state index contributed by atoms with van der Waals surface area (Å²) in [5.41, 5.74) is 2.47. The number of carbonyl (C=O) groups excluding carboxylic acids is 1. The van der Waals surface area contributed by atoms with Gasteiger partial charge in [-0.15, -0.1) is 0 Å². The van der Waals surface area contributed by atoms with Gasteiger partial charge >= 0.3 is 0 Å². The summed E-state index contributed by atoms with van der Waals surface area (Å²) < 4.78 is 11.4. The molecule has 2 aromatic carbocycles. The highest BCUT2D eigenvalue weighted by Gasteiger charge is 2.40. The second kappa shape index (κ2) is 7.22. The molecule has 5 nitrogen and oxygen atoms in total. The van der Waals surface area contributed by atoms with Gasteiger partial charge in [0.15, 0.2) is 12.2 Å². The Balaban J connectivity index is 2.17. The molecule has 3 rings (SSSR count). The number of aliphatic hydroxyl groups is 1. The Labute approximate surface area is 152 Å². The third kappa shape index (κ3) is 3.18. The average molecular weight is 354 g/mol. The van der Waals surface area contributed by atoms with E-state index in [0.717, 1.165) is 5.57 Å². The van der Waals surface area contributed by atoms with Crippen molar-refractivity contribution < 1.29 is 24.5 Å². The van der Waals surface area contributed by atoms with Gasteiger partial charge in [0.05, 0.1) is 7.11 Å². The summed E-state index contributed by atoms with van der Waals surface area (Å²) in [7, 11) is 1.50. The van der Waals surface area contributed by atoms with Crippen molar-refractivity contribution >= 4 is 5.78 Å². The van der Waals surface area contributed by atoms with E-state index in [1.165, 1.54) is 13.2 Å². The van der Waals surface area contributed by atoms with Gasteiger partial charge in [-0.05, 0) is 25.8 Å². The van der Waals surface area contributed by atoms with Crippen LogP contribution in [0.2, 0.25) is 0 Å². The van der Waals surface area contributed by atoms with Crippen LogP contribution in [0, 0.1) is 0 Å². The zero-order valence-electron chi connectivity index (χ0n) is 15.0. The van der Waals surface area contributed by atoms with Crippen LogP contribution in [-0.4, -0.2) is 29.2 Å². The van der Waals surface area contributed by atoms with Crippen molar-refractivity contribution in [1.29, 1.82) is 0 Å². The van der Waals surface area contributed by atoms with Crippen LogP contribution in [0.15, 0.2) is 48.0 Å². The third-order valence-electron chi connectivity index (χ3n) is 4.43. The lowest BCUT2D eigenvalue weighted by atomic mass is 9.90. The number of Topliss-reactive ketones (excluding diaryl/α,β-unsaturated/α-hetero) is 1. The molecule has 1 aliphatic rings. The minimum absolute atomic E-state index is 0.00244. The summed E-state index contributed by atoms with van der Waals surface area (Å²) in [4.78, 5) is 12.8. The lowest BCUT2D eigenvalue weighted by Crippen LogP contribution is -2.36. The van der Waals surface area contributed by atoms with Gasteiger partial charge in [0.1, 0.15) is 22.8 Å². The van der Waals surface area contributed by atoms with E-state index in [9.17, 15) is 15.0 Å². The quantitative estimate of drug-likeness (QED) is 0.821. The Bertz CT molecular complexity index is 850. The van der Waals surface area contributed by atoms with Crippen LogP contribution in [0.1, 0.15) is 41.4 Å². The second-order valence-electron chi connectivity index (χ2n) is 6.52. The van der Waals surface area contributed by atoms with E-state index < -0.39 is 18.0 Å². The van der Waals surface area contributed by atoms with Crippen molar-refractivity contribution in [1.82, 2.24) is 0 Å². The molecule has 5 heteroatoms. The minimum atomic E-state index is -1.39. The highest BCUT2D eigenvalue weighted by molar-refractivity contribution is 6.06. The lowest BCUT2D eigenvalue weighted by molar-refractivity contribution is 0.0206. The van der Waals surface area contributed by atoms with Crippen molar-refractivity contribution in [3.05, 3.63) is 64.7 Å². The van der Waals surface area contributed by atoms with Crippen LogP contribution in [0.4, 0.5) is 0 Å². The molecule has 2 N–H and O–H groups in total. The van der Waals surface area contributed by atoms with Gasteiger partial charge in [-0.3, -0.25) is 4.79 Å². The molecule has 0 aliphatic carbocycles. The second-order valence-corrected chi connectivity index (χ2v) is 6.52. The fourth-order valence-corrected chi connectivity index (χ4v) is 3.08. The fraction of sp³-hybridized carbons (Fsp3) is 0.286. The molecule has 2 atom stereocenters. The molecule has 0 amide bonds. The number of methoxy groups -OCH3 is 1. The zero-order valence-corrected chi connectivity index (χ0v) is 15.0. The fourth-order valence-electron chi connectivity index (χ4n) is 3.08. The smallest absolute Gasteiger partial charge is 0.202 e. The zero-order chi connectivity index (χ0) is 18.8. The number of aromatic hydroxyl groups is 1. The Morgan fingerprint density at radius 2 is 1.96 bits per heavy atom. The summed E-state index contributed by atoms with van der Waals surface area (Å²) >= 11 is 0. The largest absolute Gasteiger partial charge is 0.507 e. The van der Waals surface area contributed by atoms with Crippen LogP contribution in [0.5, 0.6) is 17.2 Å². The first-order chi connectivity index (χ1) is 12.4. The minimum Gasteiger partial charge on any atom is -0.507 e. The molecule has 1 aliphatic heterocycles. The maximum absolute atomic E-state index is 12.8. The summed E-state index contributed by atoms with van der Waals surface area (Å²) in [6, 6.07) is 10.5. The molecule has 26 heavy (non-hydrogen) atoms. The molecule has 1 heterocycles. The highest BCUT2D eigenvalue weighted by Crippen LogP contribution is 2.45. The topological polar surface area (TPSA) is 76.0 Å². The van der Waals surface area contributed by atoms with E-state index in [1.807, 2.05) is 38.1 Å². The molecule has 0 spiro atoms. The number of hydrogen-bond donors (Lipinski definition) is 2. The van der Waals surface area contributed by atoms with Gasteiger partial charge in [0.2, 0.25) is 5.78 Å². The van der Waals surface area contributed by atoms with Gasteiger partial charge < -0.3 is 19.7 Å². The number of ketones is 1. The number of phenols is 1. The van der Waals surface area contributed by atoms with Gasteiger partial charge in [-0.1, -0.05) is 42.0 Å². The monoisotopic (exact) mass is 354 g/mol. The molecular formula is C21H22O5. The molecule has 2 aromatic rings. The molecule has 0 aromatic heterocycles. The molecule has 0 saturated heterocycles. The van der Waals surface area contributed by atoms with Crippen molar-refractivity contribution in [2.45, 2.75) is 32.5 Å². The molecule has 0 bridgehead atoms. The number of benzene rings is 2. The number of hydrogen-bond acceptors (Lipinski definition) is 5. The number of fused-ring (bicyclic) bond motifs is 1. The van der Waals surface area contributed by atoms with Crippen LogP contribution in [-0.2, 0) is 6.42 Å². The first-order valence-electron chi connectivity index (χ1n) is 8.44. The summed E-state index contributed by atoms with van der Waals surface area (Å²) in [6.45, 7) is 3.95. The van der Waals surface area contributed by atoms with Crippen molar-refractivity contribution in [2.75, 3.05) is 7.11 Å². The van der Waals surface area contributed by atoms with Crippen LogP contribution < -0.4 is 9.47 Å². The number of aliphatic hydroxyl groups excluding tert-OH is 1. The first kappa shape index (κ1) is 18.0. The van der Waals surface area contributed by atoms with Crippen molar-refractivity contribution in [3.8, 4) is 17.2 Å². The third-order valence-corrected chi connectivity index (χ3v) is 4.43. The van der Waals surface area contributed by atoms with Gasteiger partial charge in [0.25, 0.3) is 0 Å². The first-order valence-corrected chi connectivity index (χ1v) is 8.44. The number of rotatable bonds is 4. The number of allylic oxidation sites excluding steroid dienone is 2. The molecule has 0 saturated carbocycles. The summed E-state index contributed by atoms with van der Waals surface area (Å²) in [5, 5.41) is 20.8. The van der Waals surface area contributed by atoms with Crippen LogP contribution in [0.3, 0.4) is 0 Å². The van der Waals surface area contributed by atoms with Gasteiger partial charge in [0, 0.05) is 11.6 Å². The van der Waals surface area contributed by atoms with E-state index in [1.54, 1.807) is 12.1 Å². The summed E-state index contributed by atoms with van der Waals surface area (Å²) in [6.07, 6.45) is 0.249. The molecule has 2 unspecified atom stereocenters. The molecule has 136 valence electrons. The van der Waals surface area contributed by atoms with Crippen molar-refractivity contribution in [3.63, 3.8) is 0 Å². The number of ether oxygens (including phenoxy) is 2. The SMILES string of the molecule is COc1cc(O)c2c(c1CC=C(C)C)OC(c1ccccc1)C(O)C2=O. The van der Waals surface area contributed by atoms with E-state index in [4.69, 9.17) is 9.47 Å². The maximum Gasteiger partial charge on any atom is 0.202 e. The Morgan fingerprint density at radius 3 is 2.58 bits per heavy atom. The van der Waals surface area contributed by atoms with E-state index in [2.05, 4.69) is 0 Å². The van der Waals surface area contributed by atoms with E-state index >= 15 is 0 Å². The predicted molar refractivity (Wildman–Crippen MR) is 97.9 cm³/mol. The van der Waals surface area contributed by atoms with Gasteiger partial charge in [-0.2, -0.15) is 0 Å². The Hall–Kier alpha value is -2.79. The normalized spacial score (nSPS) is 18.7. The standard InChI is InChI=1S/C21H22O5/c1-12(2)9-10-14-16(25-3)11-15(22)17-18(23)19(24)20(26-21(14)17)13-7-5-4-6-8-13/h4-9,11,19-20,22,24H,10H2,1-3H3. The summed E-state index contributed by atoms with van der Waals surface area (Å²) in [5.74, 6) is -0.106. The van der Waals surface area contributed by atoms with E-state index in [0.29, 0.717) is 23.3 Å². The maximum atomic E-state index is 12.8. The number of phenolic OH excluding ortho intramolecular Hbond substituents is 1. The van der Waals surface area contributed by atoms with E-state index in [-0.39, 0.29) is 17.1 Å². The molecule has 0 fully saturated rings. The number of carbonyl (C=O) groups is 1. The van der Waals surface area contributed by atoms with Crippen LogP contribution in [0.25, 0.3) is 0 Å². The Kier molecular flexibility index (Phi) is 5.00. The molecule has 0 radical (unpaired) electrons. The van der Waals surface area contributed by atoms with Gasteiger partial charge in [-0.25, -0.2) is 0 Å². The Morgan fingerprint density at radius 1 is 1.27 bits per heavy atom.